The third-order valence-electron chi connectivity index (χ3n) is 4.73. The maximum absolute atomic E-state index is 6.14. The molecule has 0 amide bonds. The van der Waals surface area contributed by atoms with Crippen molar-refractivity contribution in [2.75, 3.05) is 0 Å². The predicted octanol–water partition coefficient (Wildman–Crippen LogP) is 5.00. The Morgan fingerprint density at radius 1 is 0.583 bits per heavy atom. The van der Waals surface area contributed by atoms with Crippen molar-refractivity contribution in [1.29, 1.82) is 0 Å². The highest BCUT2D eigenvalue weighted by molar-refractivity contribution is 5.99. The van der Waals surface area contributed by atoms with Gasteiger partial charge in [-0.05, 0) is 54.2 Å². The molecule has 0 aliphatic carbocycles. The van der Waals surface area contributed by atoms with Crippen molar-refractivity contribution in [2.45, 2.75) is 26.4 Å². The Bertz CT molecular complexity index is 743. The smallest absolute Gasteiger partial charge is 0.248 e. The second kappa shape index (κ2) is 6.76. The van der Waals surface area contributed by atoms with Gasteiger partial charge >= 0.3 is 0 Å². The number of hydrogen-bond donors (Lipinski definition) is 0. The molecule has 119 valence electrons. The maximum Gasteiger partial charge on any atom is 0.248 e. The lowest BCUT2D eigenvalue weighted by Crippen LogP contribution is -2.34. The quantitative estimate of drug-likeness (QED) is 0.483. The van der Waals surface area contributed by atoms with E-state index in [9.17, 15) is 0 Å². The first-order valence-corrected chi connectivity index (χ1v) is 8.55. The van der Waals surface area contributed by atoms with Gasteiger partial charge in [-0.2, -0.15) is 0 Å². The van der Waals surface area contributed by atoms with Gasteiger partial charge < -0.3 is 4.43 Å². The molecule has 24 heavy (non-hydrogen) atoms. The molecular formula is C22H21OSi. The summed E-state index contributed by atoms with van der Waals surface area (Å²) in [5, 5.41) is 0. The van der Waals surface area contributed by atoms with E-state index in [1.807, 2.05) is 0 Å². The fourth-order valence-corrected chi connectivity index (χ4v) is 3.83. The molecular weight excluding hydrogens is 308 g/mol. The normalized spacial score (nSPS) is 11.5. The SMILES string of the molecule is Cc1ccccc1C(O[Si])(c1ccccc1C)c1ccccc1C. The lowest BCUT2D eigenvalue weighted by Gasteiger charge is -2.38. The molecule has 0 saturated carbocycles. The second-order valence-electron chi connectivity index (χ2n) is 6.23. The number of benzene rings is 3. The summed E-state index contributed by atoms with van der Waals surface area (Å²) in [5.41, 5.74) is 6.32. The summed E-state index contributed by atoms with van der Waals surface area (Å²) in [7, 11) is 3.44. The van der Waals surface area contributed by atoms with Crippen LogP contribution in [0.1, 0.15) is 33.4 Å². The number of rotatable bonds is 4. The topological polar surface area (TPSA) is 9.23 Å². The van der Waals surface area contributed by atoms with Crippen LogP contribution >= 0.6 is 0 Å². The van der Waals surface area contributed by atoms with E-state index in [1.54, 1.807) is 0 Å². The van der Waals surface area contributed by atoms with Crippen LogP contribution in [-0.2, 0) is 10.0 Å². The molecule has 0 spiro atoms. The molecule has 0 aliphatic heterocycles. The fraction of sp³-hybridized carbons (Fsp3) is 0.182. The molecule has 0 fully saturated rings. The zero-order valence-corrected chi connectivity index (χ0v) is 15.3. The minimum absolute atomic E-state index is 0.696. The van der Waals surface area contributed by atoms with E-state index in [0.29, 0.717) is 0 Å². The molecule has 3 aromatic rings. The Balaban J connectivity index is 2.43. The third-order valence-corrected chi connectivity index (χ3v) is 5.03. The summed E-state index contributed by atoms with van der Waals surface area (Å²) in [6, 6.07) is 25.2. The van der Waals surface area contributed by atoms with Gasteiger partial charge in [0, 0.05) is 0 Å². The van der Waals surface area contributed by atoms with Crippen molar-refractivity contribution in [3.8, 4) is 0 Å². The molecule has 0 aromatic heterocycles. The minimum Gasteiger partial charge on any atom is -0.401 e. The van der Waals surface area contributed by atoms with Gasteiger partial charge in [0.1, 0.15) is 5.60 Å². The zero-order valence-electron chi connectivity index (χ0n) is 14.3. The molecule has 0 heterocycles. The molecule has 0 atom stereocenters. The van der Waals surface area contributed by atoms with Gasteiger partial charge in [-0.25, -0.2) is 0 Å². The van der Waals surface area contributed by atoms with Crippen LogP contribution in [0, 0.1) is 20.8 Å². The van der Waals surface area contributed by atoms with E-state index < -0.39 is 5.60 Å². The van der Waals surface area contributed by atoms with E-state index in [2.05, 4.69) is 104 Å². The van der Waals surface area contributed by atoms with E-state index in [1.165, 1.54) is 16.7 Å². The first kappa shape index (κ1) is 16.7. The van der Waals surface area contributed by atoms with Crippen molar-refractivity contribution >= 4 is 10.5 Å². The Kier molecular flexibility index (Phi) is 4.70. The van der Waals surface area contributed by atoms with E-state index in [-0.39, 0.29) is 0 Å². The number of aryl methyl sites for hydroxylation is 3. The third kappa shape index (κ3) is 2.62. The van der Waals surface area contributed by atoms with Gasteiger partial charge in [0.25, 0.3) is 0 Å². The second-order valence-corrected chi connectivity index (χ2v) is 6.43. The molecule has 0 aliphatic rings. The van der Waals surface area contributed by atoms with Crippen LogP contribution < -0.4 is 0 Å². The van der Waals surface area contributed by atoms with Crippen molar-refractivity contribution < 1.29 is 4.43 Å². The summed E-state index contributed by atoms with van der Waals surface area (Å²) >= 11 is 0. The van der Waals surface area contributed by atoms with Crippen LogP contribution in [0.4, 0.5) is 0 Å². The van der Waals surface area contributed by atoms with Crippen LogP contribution in [0.3, 0.4) is 0 Å². The standard InChI is InChI=1S/C22H21OSi/c1-16-10-4-7-13-19(16)22(23-24,20-14-8-5-11-17(20)2)21-15-9-6-12-18(21)3/h4-15H,1-3H3. The van der Waals surface area contributed by atoms with Gasteiger partial charge in [-0.3, -0.25) is 0 Å². The molecule has 3 radical (unpaired) electrons. The molecule has 1 nitrogen and oxygen atoms in total. The van der Waals surface area contributed by atoms with Crippen molar-refractivity contribution in [3.05, 3.63) is 106 Å². The first-order chi connectivity index (χ1) is 11.6. The van der Waals surface area contributed by atoms with Crippen molar-refractivity contribution in [2.24, 2.45) is 0 Å². The Morgan fingerprint density at radius 3 is 1.12 bits per heavy atom. The van der Waals surface area contributed by atoms with E-state index in [0.717, 1.165) is 16.7 Å². The lowest BCUT2D eigenvalue weighted by atomic mass is 9.75. The largest absolute Gasteiger partial charge is 0.401 e. The monoisotopic (exact) mass is 329 g/mol. The van der Waals surface area contributed by atoms with Crippen LogP contribution in [0.5, 0.6) is 0 Å². The molecule has 0 unspecified atom stereocenters. The highest BCUT2D eigenvalue weighted by Gasteiger charge is 2.39. The molecule has 0 N–H and O–H groups in total. The highest BCUT2D eigenvalue weighted by atomic mass is 28.2. The number of hydrogen-bond acceptors (Lipinski definition) is 1. The predicted molar refractivity (Wildman–Crippen MR) is 100 cm³/mol. The minimum atomic E-state index is -0.696. The van der Waals surface area contributed by atoms with E-state index >= 15 is 0 Å². The molecule has 3 rings (SSSR count). The van der Waals surface area contributed by atoms with Crippen molar-refractivity contribution in [1.82, 2.24) is 0 Å². The Hall–Kier alpha value is -2.16. The van der Waals surface area contributed by atoms with Gasteiger partial charge in [0.15, 0.2) is 0 Å². The summed E-state index contributed by atoms with van der Waals surface area (Å²) in [5.74, 6) is 0. The summed E-state index contributed by atoms with van der Waals surface area (Å²) in [6.07, 6.45) is 0. The highest BCUT2D eigenvalue weighted by Crippen LogP contribution is 2.43. The van der Waals surface area contributed by atoms with E-state index in [4.69, 9.17) is 4.43 Å². The summed E-state index contributed by atoms with van der Waals surface area (Å²) in [4.78, 5) is 0. The Morgan fingerprint density at radius 2 is 0.875 bits per heavy atom. The maximum atomic E-state index is 6.14. The van der Waals surface area contributed by atoms with Gasteiger partial charge in [0.05, 0.1) is 0 Å². The summed E-state index contributed by atoms with van der Waals surface area (Å²) in [6.45, 7) is 6.39. The lowest BCUT2D eigenvalue weighted by molar-refractivity contribution is 0.171. The Labute approximate surface area is 147 Å². The van der Waals surface area contributed by atoms with Gasteiger partial charge in [0.2, 0.25) is 10.5 Å². The summed E-state index contributed by atoms with van der Waals surface area (Å²) < 4.78 is 6.14. The average molecular weight is 329 g/mol. The fourth-order valence-electron chi connectivity index (χ4n) is 3.50. The first-order valence-electron chi connectivity index (χ1n) is 8.14. The van der Waals surface area contributed by atoms with Gasteiger partial charge in [-0.1, -0.05) is 72.8 Å². The van der Waals surface area contributed by atoms with Crippen LogP contribution in [0.2, 0.25) is 0 Å². The zero-order chi connectivity index (χ0) is 17.2. The van der Waals surface area contributed by atoms with Crippen LogP contribution in [0.15, 0.2) is 72.8 Å². The molecule has 0 bridgehead atoms. The molecule has 0 saturated heterocycles. The average Bonchev–Trinajstić information content (AvgIpc) is 2.60. The van der Waals surface area contributed by atoms with Crippen LogP contribution in [-0.4, -0.2) is 10.5 Å². The van der Waals surface area contributed by atoms with Crippen LogP contribution in [0.25, 0.3) is 0 Å². The molecule has 3 aromatic carbocycles. The van der Waals surface area contributed by atoms with Crippen molar-refractivity contribution in [3.63, 3.8) is 0 Å². The molecule has 2 heteroatoms. The van der Waals surface area contributed by atoms with Gasteiger partial charge in [-0.15, -0.1) is 0 Å².